The first-order valence-corrected chi connectivity index (χ1v) is 7.45. The Labute approximate surface area is 123 Å². The highest BCUT2D eigenvalue weighted by Crippen LogP contribution is 2.30. The normalized spacial score (nSPS) is 12.0. The minimum atomic E-state index is -4.54. The number of ether oxygens (including phenoxy) is 3. The van der Waals surface area contributed by atoms with Gasteiger partial charge in [0.25, 0.3) is 10.1 Å². The van der Waals surface area contributed by atoms with Crippen LogP contribution < -0.4 is 5.73 Å². The van der Waals surface area contributed by atoms with Gasteiger partial charge in [0.15, 0.2) is 12.0 Å². The lowest BCUT2D eigenvalue weighted by Crippen LogP contribution is -2.20. The number of hydrogen-bond acceptors (Lipinski definition) is 7. The van der Waals surface area contributed by atoms with E-state index in [4.69, 9.17) is 24.5 Å². The second kappa shape index (κ2) is 7.57. The van der Waals surface area contributed by atoms with E-state index in [0.717, 1.165) is 6.07 Å². The van der Waals surface area contributed by atoms with Crippen molar-refractivity contribution >= 4 is 15.8 Å². The summed E-state index contributed by atoms with van der Waals surface area (Å²) in [4.78, 5) is -0.621. The van der Waals surface area contributed by atoms with Crippen molar-refractivity contribution in [2.45, 2.75) is 17.6 Å². The lowest BCUT2D eigenvalue weighted by atomic mass is 10.1. The van der Waals surface area contributed by atoms with Gasteiger partial charge < -0.3 is 25.1 Å². The van der Waals surface area contributed by atoms with Crippen LogP contribution in [0.5, 0.6) is 5.75 Å². The number of aromatic hydroxyl groups is 1. The number of phenols is 1. The van der Waals surface area contributed by atoms with Crippen LogP contribution in [0.15, 0.2) is 17.0 Å². The third-order valence-corrected chi connectivity index (χ3v) is 3.62. The van der Waals surface area contributed by atoms with Crippen molar-refractivity contribution in [2.75, 3.05) is 33.2 Å². The van der Waals surface area contributed by atoms with E-state index in [2.05, 4.69) is 0 Å². The van der Waals surface area contributed by atoms with E-state index in [1.807, 2.05) is 0 Å². The maximum Gasteiger partial charge on any atom is 0.298 e. The lowest BCUT2D eigenvalue weighted by molar-refractivity contribution is -0.139. The van der Waals surface area contributed by atoms with Crippen LogP contribution >= 0.6 is 0 Å². The molecule has 0 amide bonds. The predicted octanol–water partition coefficient (Wildman–Crippen LogP) is 0.399. The highest BCUT2D eigenvalue weighted by molar-refractivity contribution is 7.86. The monoisotopic (exact) mass is 321 g/mol. The molecule has 1 aromatic carbocycles. The molecular weight excluding hydrogens is 302 g/mol. The summed E-state index contributed by atoms with van der Waals surface area (Å²) in [7, 11) is -1.58. The molecule has 1 aromatic rings. The molecule has 9 heteroatoms. The van der Waals surface area contributed by atoms with Gasteiger partial charge in [-0.25, -0.2) is 0 Å². The first-order chi connectivity index (χ1) is 9.79. The summed E-state index contributed by atoms with van der Waals surface area (Å²) in [6.07, 6.45) is -0.143. The number of phenolic OH excluding ortho intramolecular Hbond substituents is 1. The molecule has 8 nitrogen and oxygen atoms in total. The Morgan fingerprint density at radius 2 is 1.90 bits per heavy atom. The Morgan fingerprint density at radius 3 is 2.43 bits per heavy atom. The standard InChI is InChI=1S/C12H19NO7S/c1-18-11(19-2)7-20-4-3-8-5-9(13)12(14)10(6-8)21(15,16)17/h5-6,11,14H,3-4,7,13H2,1-2H3,(H,15,16,17). The average molecular weight is 321 g/mol. The molecule has 1 rings (SSSR count). The second-order valence-corrected chi connectivity index (χ2v) is 5.62. The summed E-state index contributed by atoms with van der Waals surface area (Å²) in [6.45, 7) is 0.476. The molecule has 21 heavy (non-hydrogen) atoms. The summed E-state index contributed by atoms with van der Waals surface area (Å²) >= 11 is 0. The van der Waals surface area contributed by atoms with Gasteiger partial charge in [0.05, 0.1) is 18.9 Å². The van der Waals surface area contributed by atoms with E-state index in [9.17, 15) is 13.5 Å². The largest absolute Gasteiger partial charge is 0.504 e. The highest BCUT2D eigenvalue weighted by atomic mass is 32.2. The minimum absolute atomic E-state index is 0.133. The van der Waals surface area contributed by atoms with E-state index in [1.165, 1.54) is 20.3 Å². The summed E-state index contributed by atoms with van der Waals surface area (Å²) < 4.78 is 46.5. The number of benzene rings is 1. The molecule has 0 unspecified atom stereocenters. The van der Waals surface area contributed by atoms with Crippen LogP contribution in [0.2, 0.25) is 0 Å². The van der Waals surface area contributed by atoms with E-state index in [1.54, 1.807) is 0 Å². The molecule has 0 aliphatic heterocycles. The topological polar surface area (TPSA) is 128 Å². The molecule has 0 radical (unpaired) electrons. The Balaban J connectivity index is 2.71. The van der Waals surface area contributed by atoms with Gasteiger partial charge in [0.1, 0.15) is 4.90 Å². The number of hydrogen-bond donors (Lipinski definition) is 3. The maximum atomic E-state index is 11.1. The van der Waals surface area contributed by atoms with Gasteiger partial charge in [-0.1, -0.05) is 0 Å². The van der Waals surface area contributed by atoms with Crippen molar-refractivity contribution in [1.29, 1.82) is 0 Å². The molecule has 0 atom stereocenters. The SMILES string of the molecule is COC(COCCc1cc(N)c(O)c(S(=O)(=O)O)c1)OC. The second-order valence-electron chi connectivity index (χ2n) is 4.23. The van der Waals surface area contributed by atoms with Crippen LogP contribution in [0.1, 0.15) is 5.56 Å². The molecule has 0 spiro atoms. The molecule has 0 saturated carbocycles. The zero-order valence-corrected chi connectivity index (χ0v) is 12.6. The third-order valence-electron chi connectivity index (χ3n) is 2.76. The van der Waals surface area contributed by atoms with Crippen LogP contribution in [-0.4, -0.2) is 51.8 Å². The molecule has 4 N–H and O–H groups in total. The van der Waals surface area contributed by atoms with Crippen LogP contribution in [0.3, 0.4) is 0 Å². The molecule has 0 aliphatic carbocycles. The fraction of sp³-hybridized carbons (Fsp3) is 0.500. The third kappa shape index (κ3) is 5.14. The number of nitrogen functional groups attached to an aromatic ring is 1. The Kier molecular flexibility index (Phi) is 6.37. The van der Waals surface area contributed by atoms with E-state index in [0.29, 0.717) is 12.0 Å². The molecule has 0 fully saturated rings. The van der Waals surface area contributed by atoms with Gasteiger partial charge in [0, 0.05) is 14.2 Å². The van der Waals surface area contributed by atoms with E-state index in [-0.39, 0.29) is 18.9 Å². The summed E-state index contributed by atoms with van der Waals surface area (Å²) in [5.74, 6) is -0.666. The molecule has 0 aliphatic rings. The van der Waals surface area contributed by atoms with Gasteiger partial charge in [0.2, 0.25) is 0 Å². The van der Waals surface area contributed by atoms with Crippen molar-refractivity contribution < 1.29 is 32.3 Å². The molecular formula is C12H19NO7S. The number of nitrogens with two attached hydrogens (primary N) is 1. The average Bonchev–Trinajstić information content (AvgIpc) is 2.41. The van der Waals surface area contributed by atoms with Gasteiger partial charge >= 0.3 is 0 Å². The summed E-state index contributed by atoms with van der Waals surface area (Å²) in [5.41, 5.74) is 5.88. The Bertz CT molecular complexity index is 569. The number of methoxy groups -OCH3 is 2. The maximum absolute atomic E-state index is 11.1. The van der Waals surface area contributed by atoms with Gasteiger partial charge in [-0.2, -0.15) is 8.42 Å². The van der Waals surface area contributed by atoms with Crippen LogP contribution in [-0.2, 0) is 30.7 Å². The summed E-state index contributed by atoms with van der Waals surface area (Å²) in [5, 5.41) is 9.54. The zero-order valence-electron chi connectivity index (χ0n) is 11.8. The van der Waals surface area contributed by atoms with Crippen molar-refractivity contribution in [2.24, 2.45) is 0 Å². The Hall–Kier alpha value is -1.39. The number of anilines is 1. The molecule has 0 aromatic heterocycles. The molecule has 0 heterocycles. The smallest absolute Gasteiger partial charge is 0.298 e. The quantitative estimate of drug-likeness (QED) is 0.206. The van der Waals surface area contributed by atoms with Gasteiger partial charge in [-0.3, -0.25) is 4.55 Å². The lowest BCUT2D eigenvalue weighted by Gasteiger charge is -2.13. The van der Waals surface area contributed by atoms with Crippen LogP contribution in [0, 0.1) is 0 Å². The van der Waals surface area contributed by atoms with Gasteiger partial charge in [-0.05, 0) is 24.1 Å². The van der Waals surface area contributed by atoms with Crippen molar-refractivity contribution in [3.8, 4) is 5.75 Å². The van der Waals surface area contributed by atoms with Crippen molar-refractivity contribution in [1.82, 2.24) is 0 Å². The first-order valence-electron chi connectivity index (χ1n) is 6.01. The fourth-order valence-corrected chi connectivity index (χ4v) is 2.29. The first kappa shape index (κ1) is 17.7. The van der Waals surface area contributed by atoms with Crippen molar-refractivity contribution in [3.63, 3.8) is 0 Å². The molecule has 0 bridgehead atoms. The summed E-state index contributed by atoms with van der Waals surface area (Å²) in [6, 6.07) is 2.56. The number of rotatable bonds is 8. The van der Waals surface area contributed by atoms with Gasteiger partial charge in [-0.15, -0.1) is 0 Å². The van der Waals surface area contributed by atoms with E-state index < -0.39 is 27.1 Å². The molecule has 0 saturated heterocycles. The Morgan fingerprint density at radius 1 is 1.29 bits per heavy atom. The predicted molar refractivity (Wildman–Crippen MR) is 74.7 cm³/mol. The van der Waals surface area contributed by atoms with Crippen molar-refractivity contribution in [3.05, 3.63) is 17.7 Å². The zero-order chi connectivity index (χ0) is 16.0. The van der Waals surface area contributed by atoms with E-state index >= 15 is 0 Å². The van der Waals surface area contributed by atoms with Crippen LogP contribution in [0.4, 0.5) is 5.69 Å². The van der Waals surface area contributed by atoms with Crippen LogP contribution in [0.25, 0.3) is 0 Å². The molecule has 120 valence electrons. The fourth-order valence-electron chi connectivity index (χ4n) is 1.63. The highest BCUT2D eigenvalue weighted by Gasteiger charge is 2.18. The minimum Gasteiger partial charge on any atom is -0.504 e.